The maximum Gasteiger partial charge on any atom is 0.224 e. The van der Waals surface area contributed by atoms with Gasteiger partial charge >= 0.3 is 0 Å². The van der Waals surface area contributed by atoms with Gasteiger partial charge in [0, 0.05) is 25.7 Å². The molecule has 0 aliphatic carbocycles. The Morgan fingerprint density at radius 3 is 2.36 bits per heavy atom. The molecule has 0 N–H and O–H groups in total. The van der Waals surface area contributed by atoms with E-state index in [1.807, 2.05) is 31.3 Å². The first-order valence-electron chi connectivity index (χ1n) is 7.54. The summed E-state index contributed by atoms with van der Waals surface area (Å²) < 4.78 is 5.46. The summed E-state index contributed by atoms with van der Waals surface area (Å²) >= 11 is 5.89. The fourth-order valence-corrected chi connectivity index (χ4v) is 2.44. The highest BCUT2D eigenvalue weighted by molar-refractivity contribution is 6.30. The number of hydrogen-bond donors (Lipinski definition) is 0. The van der Waals surface area contributed by atoms with Crippen molar-refractivity contribution in [1.82, 2.24) is 4.90 Å². The molecule has 0 saturated carbocycles. The van der Waals surface area contributed by atoms with E-state index in [1.165, 1.54) is 0 Å². The number of benzene rings is 1. The molecule has 0 aliphatic heterocycles. The number of amides is 1. The third-order valence-corrected chi connectivity index (χ3v) is 3.78. The lowest BCUT2D eigenvalue weighted by Crippen LogP contribution is -2.33. The zero-order chi connectivity index (χ0) is 16.7. The molecule has 0 aromatic heterocycles. The fraction of sp³-hybridized carbons (Fsp3) is 0.500. The molecule has 1 amide bonds. The monoisotopic (exact) mass is 323 g/mol. The van der Waals surface area contributed by atoms with Crippen LogP contribution in [0.4, 0.5) is 0 Å². The Morgan fingerprint density at radius 2 is 1.86 bits per heavy atom. The molecule has 3 nitrogen and oxygen atoms in total. The third-order valence-electron chi connectivity index (χ3n) is 3.53. The Bertz CT molecular complexity index is 496. The van der Waals surface area contributed by atoms with E-state index < -0.39 is 0 Å². The van der Waals surface area contributed by atoms with Crippen LogP contribution in [-0.4, -0.2) is 37.6 Å². The van der Waals surface area contributed by atoms with Crippen LogP contribution in [0.1, 0.15) is 32.3 Å². The smallest absolute Gasteiger partial charge is 0.224 e. The molecular formula is C18H26ClNO2. The molecule has 0 saturated heterocycles. The first-order valence-corrected chi connectivity index (χ1v) is 7.91. The molecule has 0 aliphatic rings. The molecule has 1 aromatic carbocycles. The molecular weight excluding hydrogens is 298 g/mol. The summed E-state index contributed by atoms with van der Waals surface area (Å²) in [7, 11) is 3.47. The second-order valence-corrected chi connectivity index (χ2v) is 6.48. The van der Waals surface area contributed by atoms with Gasteiger partial charge in [0.15, 0.2) is 0 Å². The standard InChI is InChI=1S/C18H26ClNO2/c1-13(2)12-20(4)18(21)11-17(22-5)10-14(3)15-6-8-16(19)9-7-15/h6-9,13,17H,3,10-12H2,1-2,4-5H3. The first-order chi connectivity index (χ1) is 10.3. The van der Waals surface area contributed by atoms with Crippen LogP contribution < -0.4 is 0 Å². The molecule has 0 fully saturated rings. The highest BCUT2D eigenvalue weighted by atomic mass is 35.5. The van der Waals surface area contributed by atoms with Gasteiger partial charge in [-0.3, -0.25) is 4.79 Å². The van der Waals surface area contributed by atoms with Crippen LogP contribution in [-0.2, 0) is 9.53 Å². The summed E-state index contributed by atoms with van der Waals surface area (Å²) in [4.78, 5) is 14.0. The van der Waals surface area contributed by atoms with Crippen molar-refractivity contribution in [2.45, 2.75) is 32.8 Å². The van der Waals surface area contributed by atoms with E-state index in [9.17, 15) is 4.79 Å². The van der Waals surface area contributed by atoms with Crippen LogP contribution in [0, 0.1) is 5.92 Å². The Balaban J connectivity index is 2.59. The SMILES string of the molecule is C=C(CC(CC(=O)N(C)CC(C)C)OC)c1ccc(Cl)cc1. The van der Waals surface area contributed by atoms with Gasteiger partial charge in [-0.2, -0.15) is 0 Å². The van der Waals surface area contributed by atoms with Gasteiger partial charge in [-0.05, 0) is 35.6 Å². The predicted molar refractivity (Wildman–Crippen MR) is 93.0 cm³/mol. The molecule has 122 valence electrons. The van der Waals surface area contributed by atoms with Crippen LogP contribution in [0.25, 0.3) is 5.57 Å². The highest BCUT2D eigenvalue weighted by Gasteiger charge is 2.18. The highest BCUT2D eigenvalue weighted by Crippen LogP contribution is 2.22. The van der Waals surface area contributed by atoms with Crippen LogP contribution in [0.15, 0.2) is 30.8 Å². The van der Waals surface area contributed by atoms with Gasteiger partial charge in [-0.25, -0.2) is 0 Å². The topological polar surface area (TPSA) is 29.5 Å². The lowest BCUT2D eigenvalue weighted by molar-refractivity contribution is -0.132. The molecule has 0 bridgehead atoms. The van der Waals surface area contributed by atoms with Crippen molar-refractivity contribution < 1.29 is 9.53 Å². The molecule has 0 heterocycles. The molecule has 1 rings (SSSR count). The number of ether oxygens (including phenoxy) is 1. The second-order valence-electron chi connectivity index (χ2n) is 6.04. The number of methoxy groups -OCH3 is 1. The third kappa shape index (κ3) is 6.20. The van der Waals surface area contributed by atoms with E-state index in [2.05, 4.69) is 20.4 Å². The fourth-order valence-electron chi connectivity index (χ4n) is 2.32. The number of carbonyl (C=O) groups excluding carboxylic acids is 1. The second kappa shape index (κ2) is 8.96. The molecule has 4 heteroatoms. The summed E-state index contributed by atoms with van der Waals surface area (Å²) in [5.41, 5.74) is 1.97. The lowest BCUT2D eigenvalue weighted by atomic mass is 9.99. The van der Waals surface area contributed by atoms with Crippen LogP contribution in [0.2, 0.25) is 5.02 Å². The van der Waals surface area contributed by atoms with Crippen molar-refractivity contribution in [2.75, 3.05) is 20.7 Å². The number of halogens is 1. The van der Waals surface area contributed by atoms with E-state index in [0.717, 1.165) is 17.7 Å². The van der Waals surface area contributed by atoms with E-state index in [4.69, 9.17) is 16.3 Å². The summed E-state index contributed by atoms with van der Waals surface area (Å²) in [6, 6.07) is 7.55. The Morgan fingerprint density at radius 1 is 1.27 bits per heavy atom. The van der Waals surface area contributed by atoms with E-state index in [1.54, 1.807) is 12.0 Å². The average Bonchev–Trinajstić information content (AvgIpc) is 2.46. The summed E-state index contributed by atoms with van der Waals surface area (Å²) in [5, 5.41) is 0.699. The number of nitrogens with zero attached hydrogens (tertiary/aromatic N) is 1. The normalized spacial score (nSPS) is 12.3. The first kappa shape index (κ1) is 18.7. The summed E-state index contributed by atoms with van der Waals surface area (Å²) in [6.45, 7) is 9.05. The Hall–Kier alpha value is -1.32. The zero-order valence-corrected chi connectivity index (χ0v) is 14.7. The van der Waals surface area contributed by atoms with Crippen LogP contribution >= 0.6 is 11.6 Å². The molecule has 1 aromatic rings. The van der Waals surface area contributed by atoms with Gasteiger partial charge in [0.2, 0.25) is 5.91 Å². The van der Waals surface area contributed by atoms with Gasteiger partial charge < -0.3 is 9.64 Å². The van der Waals surface area contributed by atoms with Crippen LogP contribution in [0.3, 0.4) is 0 Å². The quantitative estimate of drug-likeness (QED) is 0.715. The van der Waals surface area contributed by atoms with Crippen LogP contribution in [0.5, 0.6) is 0 Å². The zero-order valence-electron chi connectivity index (χ0n) is 13.9. The number of carbonyl (C=O) groups is 1. The maximum absolute atomic E-state index is 12.2. The minimum absolute atomic E-state index is 0.101. The maximum atomic E-state index is 12.2. The molecule has 1 atom stereocenters. The van der Waals surface area contributed by atoms with Gasteiger partial charge in [0.05, 0.1) is 12.5 Å². The molecule has 22 heavy (non-hydrogen) atoms. The van der Waals surface area contributed by atoms with Crippen molar-refractivity contribution in [3.05, 3.63) is 41.4 Å². The number of hydrogen-bond acceptors (Lipinski definition) is 2. The van der Waals surface area contributed by atoms with Gasteiger partial charge in [-0.1, -0.05) is 44.2 Å². The molecule has 1 unspecified atom stereocenters. The lowest BCUT2D eigenvalue weighted by Gasteiger charge is -2.23. The van der Waals surface area contributed by atoms with Crippen molar-refractivity contribution in [2.24, 2.45) is 5.92 Å². The van der Waals surface area contributed by atoms with Crippen molar-refractivity contribution in [3.8, 4) is 0 Å². The van der Waals surface area contributed by atoms with E-state index in [-0.39, 0.29) is 12.0 Å². The van der Waals surface area contributed by atoms with E-state index in [0.29, 0.717) is 23.8 Å². The van der Waals surface area contributed by atoms with Crippen molar-refractivity contribution in [1.29, 1.82) is 0 Å². The van der Waals surface area contributed by atoms with Crippen molar-refractivity contribution in [3.63, 3.8) is 0 Å². The van der Waals surface area contributed by atoms with E-state index >= 15 is 0 Å². The Kier molecular flexibility index (Phi) is 7.63. The van der Waals surface area contributed by atoms with Gasteiger partial charge in [0.1, 0.15) is 0 Å². The largest absolute Gasteiger partial charge is 0.381 e. The average molecular weight is 324 g/mol. The summed E-state index contributed by atoms with van der Waals surface area (Å²) in [6.07, 6.45) is 0.830. The van der Waals surface area contributed by atoms with Gasteiger partial charge in [-0.15, -0.1) is 0 Å². The minimum atomic E-state index is -0.162. The summed E-state index contributed by atoms with van der Waals surface area (Å²) in [5.74, 6) is 0.559. The van der Waals surface area contributed by atoms with Gasteiger partial charge in [0.25, 0.3) is 0 Å². The van der Waals surface area contributed by atoms with Crippen molar-refractivity contribution >= 4 is 23.1 Å². The molecule has 0 radical (unpaired) electrons. The Labute approximate surface area is 138 Å². The number of rotatable bonds is 8. The molecule has 0 spiro atoms. The predicted octanol–water partition coefficient (Wildman–Crippen LogP) is 4.26. The minimum Gasteiger partial charge on any atom is -0.381 e.